The molecule has 0 aliphatic rings. The van der Waals surface area contributed by atoms with Gasteiger partial charge in [-0.2, -0.15) is 0 Å². The van der Waals surface area contributed by atoms with E-state index in [9.17, 15) is 0 Å². The highest BCUT2D eigenvalue weighted by Crippen LogP contribution is 2.20. The van der Waals surface area contributed by atoms with Crippen LogP contribution >= 0.6 is 0 Å². The first-order valence-electron chi connectivity index (χ1n) is 5.77. The summed E-state index contributed by atoms with van der Waals surface area (Å²) >= 11 is 0. The normalized spacial score (nSPS) is 13.2. The number of nitrogens with two attached hydrogens (primary N) is 1. The van der Waals surface area contributed by atoms with Crippen molar-refractivity contribution in [3.63, 3.8) is 0 Å². The molecule has 1 atom stereocenters. The summed E-state index contributed by atoms with van der Waals surface area (Å²) in [4.78, 5) is 12.1. The molecule has 4 heteroatoms. The van der Waals surface area contributed by atoms with Gasteiger partial charge in [-0.1, -0.05) is 13.3 Å². The number of hydrogen-bond donors (Lipinski definition) is 2. The number of rotatable bonds is 4. The van der Waals surface area contributed by atoms with Crippen LogP contribution in [0.25, 0.3) is 11.2 Å². The van der Waals surface area contributed by atoms with Crippen LogP contribution in [0.5, 0.6) is 0 Å². The van der Waals surface area contributed by atoms with E-state index in [2.05, 4.69) is 27.9 Å². The van der Waals surface area contributed by atoms with Crippen LogP contribution in [0.3, 0.4) is 0 Å². The number of aryl methyl sites for hydroxylation is 1. The maximum absolute atomic E-state index is 5.76. The fourth-order valence-electron chi connectivity index (χ4n) is 1.93. The molecule has 0 saturated carbocycles. The number of hydrogen-bond acceptors (Lipinski definition) is 3. The molecular formula is C12H18N4. The average molecular weight is 218 g/mol. The van der Waals surface area contributed by atoms with Crippen LogP contribution in [-0.4, -0.2) is 21.5 Å². The third-order valence-electron chi connectivity index (χ3n) is 2.80. The summed E-state index contributed by atoms with van der Waals surface area (Å²) in [5, 5.41) is 0. The minimum absolute atomic E-state index is 0.319. The molecule has 2 rings (SSSR count). The van der Waals surface area contributed by atoms with Crippen molar-refractivity contribution in [1.29, 1.82) is 0 Å². The van der Waals surface area contributed by atoms with Gasteiger partial charge >= 0.3 is 0 Å². The molecule has 0 radical (unpaired) electrons. The number of aromatic nitrogens is 3. The van der Waals surface area contributed by atoms with Gasteiger partial charge in [0.2, 0.25) is 0 Å². The van der Waals surface area contributed by atoms with Gasteiger partial charge in [-0.25, -0.2) is 9.97 Å². The molecule has 86 valence electrons. The van der Waals surface area contributed by atoms with Crippen LogP contribution in [0, 0.1) is 6.92 Å². The van der Waals surface area contributed by atoms with Gasteiger partial charge in [-0.15, -0.1) is 0 Å². The highest BCUT2D eigenvalue weighted by Gasteiger charge is 2.13. The molecule has 2 aromatic heterocycles. The molecule has 1 unspecified atom stereocenters. The third kappa shape index (κ3) is 2.07. The highest BCUT2D eigenvalue weighted by molar-refractivity contribution is 5.71. The number of nitrogens with one attached hydrogen (secondary N) is 1. The van der Waals surface area contributed by atoms with Gasteiger partial charge in [0.15, 0.2) is 5.65 Å². The van der Waals surface area contributed by atoms with Crippen molar-refractivity contribution in [2.45, 2.75) is 32.6 Å². The SMILES string of the molecule is CCCC(CN)c1nc2ncc(C)cc2[nH]1. The third-order valence-corrected chi connectivity index (χ3v) is 2.80. The van der Waals surface area contributed by atoms with E-state index in [1.165, 1.54) is 0 Å². The monoisotopic (exact) mass is 218 g/mol. The number of fused-ring (bicyclic) bond motifs is 1. The summed E-state index contributed by atoms with van der Waals surface area (Å²) in [6, 6.07) is 2.07. The Bertz CT molecular complexity index is 475. The zero-order valence-corrected chi connectivity index (χ0v) is 9.83. The molecule has 2 heterocycles. The molecule has 0 aromatic carbocycles. The van der Waals surface area contributed by atoms with Crippen molar-refractivity contribution < 1.29 is 0 Å². The Kier molecular flexibility index (Phi) is 3.19. The average Bonchev–Trinajstić information content (AvgIpc) is 2.68. The van der Waals surface area contributed by atoms with E-state index < -0.39 is 0 Å². The summed E-state index contributed by atoms with van der Waals surface area (Å²) in [6.07, 6.45) is 4.02. The molecule has 0 aliphatic carbocycles. The second-order valence-corrected chi connectivity index (χ2v) is 4.23. The molecule has 0 fully saturated rings. The largest absolute Gasteiger partial charge is 0.340 e. The molecular weight excluding hydrogens is 200 g/mol. The van der Waals surface area contributed by atoms with Crippen molar-refractivity contribution in [3.8, 4) is 0 Å². The predicted octanol–water partition coefficient (Wildman–Crippen LogP) is 2.11. The zero-order valence-electron chi connectivity index (χ0n) is 9.83. The Morgan fingerprint density at radius 3 is 3.00 bits per heavy atom. The predicted molar refractivity (Wildman–Crippen MR) is 65.3 cm³/mol. The zero-order chi connectivity index (χ0) is 11.5. The molecule has 16 heavy (non-hydrogen) atoms. The second-order valence-electron chi connectivity index (χ2n) is 4.23. The van der Waals surface area contributed by atoms with Gasteiger partial charge in [0.1, 0.15) is 5.82 Å². The molecule has 0 spiro atoms. The summed E-state index contributed by atoms with van der Waals surface area (Å²) in [5.41, 5.74) is 8.69. The quantitative estimate of drug-likeness (QED) is 0.825. The maximum Gasteiger partial charge on any atom is 0.177 e. The minimum atomic E-state index is 0.319. The van der Waals surface area contributed by atoms with Crippen molar-refractivity contribution in [3.05, 3.63) is 23.7 Å². The molecule has 0 bridgehead atoms. The Labute approximate surface area is 95.3 Å². The number of nitrogens with zero attached hydrogens (tertiary/aromatic N) is 2. The van der Waals surface area contributed by atoms with Gasteiger partial charge in [0.05, 0.1) is 5.52 Å². The fourth-order valence-corrected chi connectivity index (χ4v) is 1.93. The number of imidazole rings is 1. The highest BCUT2D eigenvalue weighted by atomic mass is 15.0. The van der Waals surface area contributed by atoms with Gasteiger partial charge < -0.3 is 10.7 Å². The van der Waals surface area contributed by atoms with Crippen molar-refractivity contribution >= 4 is 11.2 Å². The van der Waals surface area contributed by atoms with Crippen molar-refractivity contribution in [2.24, 2.45) is 5.73 Å². The number of pyridine rings is 1. The molecule has 0 saturated heterocycles. The van der Waals surface area contributed by atoms with Crippen LogP contribution in [0.2, 0.25) is 0 Å². The van der Waals surface area contributed by atoms with E-state index in [0.717, 1.165) is 35.4 Å². The molecule has 3 N–H and O–H groups in total. The van der Waals surface area contributed by atoms with Crippen molar-refractivity contribution in [2.75, 3.05) is 6.54 Å². The van der Waals surface area contributed by atoms with Crippen LogP contribution in [-0.2, 0) is 0 Å². The number of H-pyrrole nitrogens is 1. The van der Waals surface area contributed by atoms with Gasteiger partial charge in [0.25, 0.3) is 0 Å². The summed E-state index contributed by atoms with van der Waals surface area (Å²) < 4.78 is 0. The molecule has 4 nitrogen and oxygen atoms in total. The smallest absolute Gasteiger partial charge is 0.177 e. The van der Waals surface area contributed by atoms with Crippen LogP contribution in [0.15, 0.2) is 12.3 Å². The van der Waals surface area contributed by atoms with Crippen LogP contribution in [0.4, 0.5) is 0 Å². The van der Waals surface area contributed by atoms with E-state index in [1.54, 1.807) is 0 Å². The standard InChI is InChI=1S/C12H18N4/c1-3-4-9(6-13)11-15-10-5-8(2)7-14-12(10)16-11/h5,7,9H,3-4,6,13H2,1-2H3,(H,14,15,16). The first kappa shape index (κ1) is 11.1. The van der Waals surface area contributed by atoms with Gasteiger partial charge in [0, 0.05) is 18.7 Å². The second kappa shape index (κ2) is 4.61. The lowest BCUT2D eigenvalue weighted by Crippen LogP contribution is -2.13. The molecule has 0 amide bonds. The Morgan fingerprint density at radius 2 is 2.31 bits per heavy atom. The lowest BCUT2D eigenvalue weighted by molar-refractivity contribution is 0.596. The Morgan fingerprint density at radius 1 is 1.50 bits per heavy atom. The Balaban J connectivity index is 2.37. The number of aromatic amines is 1. The van der Waals surface area contributed by atoms with Crippen LogP contribution < -0.4 is 5.73 Å². The summed E-state index contributed by atoms with van der Waals surface area (Å²) in [5.74, 6) is 1.29. The first-order chi connectivity index (χ1) is 7.74. The fraction of sp³-hybridized carbons (Fsp3) is 0.500. The van der Waals surface area contributed by atoms with Gasteiger partial charge in [-0.05, 0) is 25.0 Å². The van der Waals surface area contributed by atoms with Crippen molar-refractivity contribution in [1.82, 2.24) is 15.0 Å². The summed E-state index contributed by atoms with van der Waals surface area (Å²) in [7, 11) is 0. The van der Waals surface area contributed by atoms with E-state index in [1.807, 2.05) is 13.1 Å². The first-order valence-corrected chi connectivity index (χ1v) is 5.77. The van der Waals surface area contributed by atoms with E-state index >= 15 is 0 Å². The summed E-state index contributed by atoms with van der Waals surface area (Å²) in [6.45, 7) is 4.82. The molecule has 0 aliphatic heterocycles. The van der Waals surface area contributed by atoms with E-state index in [0.29, 0.717) is 12.5 Å². The lowest BCUT2D eigenvalue weighted by atomic mass is 10.0. The maximum atomic E-state index is 5.76. The minimum Gasteiger partial charge on any atom is -0.340 e. The molecule has 2 aromatic rings. The van der Waals surface area contributed by atoms with Crippen LogP contribution in [0.1, 0.15) is 37.1 Å². The Hall–Kier alpha value is -1.42. The van der Waals surface area contributed by atoms with Gasteiger partial charge in [-0.3, -0.25) is 0 Å². The van der Waals surface area contributed by atoms with E-state index in [-0.39, 0.29) is 0 Å². The van der Waals surface area contributed by atoms with E-state index in [4.69, 9.17) is 5.73 Å². The lowest BCUT2D eigenvalue weighted by Gasteiger charge is -2.09. The topological polar surface area (TPSA) is 67.6 Å².